The number of aliphatic hydroxyl groups excluding tert-OH is 1. The molecule has 0 saturated heterocycles. The number of aliphatic carboxylic acids is 1. The number of hydrogen-bond donors (Lipinski definition) is 4. The lowest BCUT2D eigenvalue weighted by Gasteiger charge is -2.15. The Kier molecular flexibility index (Phi) is 5.12. The Morgan fingerprint density at radius 1 is 1.50 bits per heavy atom. The van der Waals surface area contributed by atoms with Crippen LogP contribution < -0.4 is 10.6 Å². The number of amides is 2. The molecular formula is C10H16N4O4. The van der Waals surface area contributed by atoms with Crippen LogP contribution in [0.2, 0.25) is 0 Å². The Hall–Kier alpha value is -2.09. The smallest absolute Gasteiger partial charge is 0.334 e. The number of hydrogen-bond acceptors (Lipinski definition) is 4. The summed E-state index contributed by atoms with van der Waals surface area (Å²) in [6.45, 7) is 2.01. The lowest BCUT2D eigenvalue weighted by molar-refractivity contribution is -0.146. The number of carbonyl (C=O) groups is 2. The van der Waals surface area contributed by atoms with Crippen molar-refractivity contribution in [3.05, 3.63) is 18.7 Å². The summed E-state index contributed by atoms with van der Waals surface area (Å²) >= 11 is 0. The molecule has 2 amide bonds. The van der Waals surface area contributed by atoms with Gasteiger partial charge < -0.3 is 25.4 Å². The van der Waals surface area contributed by atoms with Gasteiger partial charge in [0.05, 0.1) is 12.9 Å². The first-order valence-electron chi connectivity index (χ1n) is 5.40. The summed E-state index contributed by atoms with van der Waals surface area (Å²) in [6.07, 6.45) is 3.43. The summed E-state index contributed by atoms with van der Waals surface area (Å²) in [7, 11) is 0. The maximum Gasteiger partial charge on any atom is 0.334 e. The van der Waals surface area contributed by atoms with Crippen LogP contribution in [0.1, 0.15) is 6.92 Å². The number of imidazole rings is 1. The zero-order valence-electron chi connectivity index (χ0n) is 9.91. The molecule has 100 valence electrons. The van der Waals surface area contributed by atoms with Crippen LogP contribution in [0, 0.1) is 0 Å². The Balaban J connectivity index is 2.25. The maximum atomic E-state index is 11.4. The third-order valence-corrected chi connectivity index (χ3v) is 2.16. The van der Waals surface area contributed by atoms with Crippen LogP contribution >= 0.6 is 0 Å². The average Bonchev–Trinajstić information content (AvgIpc) is 2.78. The van der Waals surface area contributed by atoms with Gasteiger partial charge in [-0.2, -0.15) is 0 Å². The molecule has 18 heavy (non-hydrogen) atoms. The molecule has 1 rings (SSSR count). The number of aliphatic hydroxyl groups is 1. The van der Waals surface area contributed by atoms with Crippen molar-refractivity contribution in [2.24, 2.45) is 0 Å². The Bertz CT molecular complexity index is 393. The second kappa shape index (κ2) is 6.60. The van der Waals surface area contributed by atoms with Crippen molar-refractivity contribution >= 4 is 12.0 Å². The largest absolute Gasteiger partial charge is 0.479 e. The van der Waals surface area contributed by atoms with E-state index in [4.69, 9.17) is 10.2 Å². The van der Waals surface area contributed by atoms with E-state index in [1.807, 2.05) is 0 Å². The van der Waals surface area contributed by atoms with Crippen LogP contribution in [0.4, 0.5) is 4.79 Å². The highest BCUT2D eigenvalue weighted by Gasteiger charge is 2.14. The highest BCUT2D eigenvalue weighted by atomic mass is 16.4. The monoisotopic (exact) mass is 256 g/mol. The summed E-state index contributed by atoms with van der Waals surface area (Å²) in [6, 6.07) is -0.677. The van der Waals surface area contributed by atoms with E-state index in [2.05, 4.69) is 15.6 Å². The second-order valence-electron chi connectivity index (χ2n) is 3.87. The molecule has 0 radical (unpaired) electrons. The summed E-state index contributed by atoms with van der Waals surface area (Å²) in [5, 5.41) is 22.3. The van der Waals surface area contributed by atoms with Gasteiger partial charge in [-0.25, -0.2) is 14.6 Å². The Morgan fingerprint density at radius 2 is 2.22 bits per heavy atom. The van der Waals surface area contributed by atoms with Crippen molar-refractivity contribution in [1.82, 2.24) is 20.2 Å². The molecule has 0 aliphatic rings. The van der Waals surface area contributed by atoms with Crippen LogP contribution in [-0.4, -0.2) is 50.5 Å². The molecule has 8 heteroatoms. The van der Waals surface area contributed by atoms with Crippen molar-refractivity contribution in [2.45, 2.75) is 25.6 Å². The Labute approximate surface area is 104 Å². The molecule has 8 nitrogen and oxygen atoms in total. The van der Waals surface area contributed by atoms with Gasteiger partial charge in [0.25, 0.3) is 0 Å². The van der Waals surface area contributed by atoms with Gasteiger partial charge in [0.1, 0.15) is 0 Å². The third kappa shape index (κ3) is 4.83. The number of aromatic nitrogens is 2. The van der Waals surface area contributed by atoms with Crippen LogP contribution in [0.25, 0.3) is 0 Å². The van der Waals surface area contributed by atoms with E-state index in [1.54, 1.807) is 30.2 Å². The highest BCUT2D eigenvalue weighted by molar-refractivity contribution is 5.76. The van der Waals surface area contributed by atoms with E-state index in [0.29, 0.717) is 6.54 Å². The van der Waals surface area contributed by atoms with E-state index in [9.17, 15) is 9.59 Å². The SMILES string of the molecule is CC(Cn1ccnc1)NC(=O)NC[C@H](O)C(=O)O. The van der Waals surface area contributed by atoms with E-state index >= 15 is 0 Å². The van der Waals surface area contributed by atoms with E-state index < -0.39 is 18.1 Å². The second-order valence-corrected chi connectivity index (χ2v) is 3.87. The predicted molar refractivity (Wildman–Crippen MR) is 61.9 cm³/mol. The topological polar surface area (TPSA) is 116 Å². The number of nitrogens with one attached hydrogen (secondary N) is 2. The van der Waals surface area contributed by atoms with Gasteiger partial charge in [-0.05, 0) is 6.92 Å². The van der Waals surface area contributed by atoms with Gasteiger partial charge in [-0.15, -0.1) is 0 Å². The Morgan fingerprint density at radius 3 is 2.78 bits per heavy atom. The summed E-state index contributed by atoms with van der Waals surface area (Å²) < 4.78 is 1.80. The van der Waals surface area contributed by atoms with E-state index in [0.717, 1.165) is 0 Å². The average molecular weight is 256 g/mol. The predicted octanol–water partition coefficient (Wildman–Crippen LogP) is -0.984. The molecule has 2 atom stereocenters. The number of carbonyl (C=O) groups excluding carboxylic acids is 1. The van der Waals surface area contributed by atoms with Gasteiger partial charge in [0.2, 0.25) is 0 Å². The zero-order valence-corrected chi connectivity index (χ0v) is 9.91. The molecule has 0 saturated carbocycles. The molecule has 1 heterocycles. The number of nitrogens with zero attached hydrogens (tertiary/aromatic N) is 2. The van der Waals surface area contributed by atoms with Gasteiger partial charge >= 0.3 is 12.0 Å². The molecule has 1 aromatic heterocycles. The minimum absolute atomic E-state index is 0.152. The zero-order chi connectivity index (χ0) is 13.5. The molecule has 0 aliphatic carbocycles. The fourth-order valence-electron chi connectivity index (χ4n) is 1.31. The van der Waals surface area contributed by atoms with Gasteiger partial charge in [0.15, 0.2) is 6.10 Å². The van der Waals surface area contributed by atoms with Gasteiger partial charge in [-0.3, -0.25) is 0 Å². The lowest BCUT2D eigenvalue weighted by Crippen LogP contribution is -2.46. The highest BCUT2D eigenvalue weighted by Crippen LogP contribution is 1.91. The molecule has 0 aromatic carbocycles. The molecular weight excluding hydrogens is 240 g/mol. The van der Waals surface area contributed by atoms with Crippen LogP contribution in [-0.2, 0) is 11.3 Å². The minimum Gasteiger partial charge on any atom is -0.479 e. The number of carboxylic acid groups (broad SMARTS) is 1. The molecule has 0 fully saturated rings. The first-order chi connectivity index (χ1) is 8.49. The first kappa shape index (κ1) is 14.0. The number of urea groups is 1. The molecule has 0 spiro atoms. The van der Waals surface area contributed by atoms with Crippen LogP contribution in [0.3, 0.4) is 0 Å². The minimum atomic E-state index is -1.60. The lowest BCUT2D eigenvalue weighted by atomic mass is 10.3. The van der Waals surface area contributed by atoms with E-state index in [-0.39, 0.29) is 12.6 Å². The summed E-state index contributed by atoms with van der Waals surface area (Å²) in [5.74, 6) is -1.37. The van der Waals surface area contributed by atoms with Crippen molar-refractivity contribution in [2.75, 3.05) is 6.54 Å². The van der Waals surface area contributed by atoms with Crippen LogP contribution in [0.15, 0.2) is 18.7 Å². The standard InChI is InChI=1S/C10H16N4O4/c1-7(5-14-3-2-11-6-14)13-10(18)12-4-8(15)9(16)17/h2-3,6-8,15H,4-5H2,1H3,(H,16,17)(H2,12,13,18)/t7?,8-/m0/s1. The van der Waals surface area contributed by atoms with Gasteiger partial charge in [0, 0.05) is 25.0 Å². The third-order valence-electron chi connectivity index (χ3n) is 2.16. The maximum absolute atomic E-state index is 11.4. The van der Waals surface area contributed by atoms with Crippen molar-refractivity contribution in [1.29, 1.82) is 0 Å². The van der Waals surface area contributed by atoms with Crippen molar-refractivity contribution in [3.63, 3.8) is 0 Å². The van der Waals surface area contributed by atoms with E-state index in [1.165, 1.54) is 0 Å². The normalized spacial score (nSPS) is 13.7. The quantitative estimate of drug-likeness (QED) is 0.522. The molecule has 1 unspecified atom stereocenters. The summed E-state index contributed by atoms with van der Waals surface area (Å²) in [5.41, 5.74) is 0. The first-order valence-corrected chi connectivity index (χ1v) is 5.40. The van der Waals surface area contributed by atoms with Crippen molar-refractivity contribution in [3.8, 4) is 0 Å². The van der Waals surface area contributed by atoms with Gasteiger partial charge in [-0.1, -0.05) is 0 Å². The van der Waals surface area contributed by atoms with Crippen molar-refractivity contribution < 1.29 is 19.8 Å². The summed E-state index contributed by atoms with van der Waals surface area (Å²) in [4.78, 5) is 25.5. The van der Waals surface area contributed by atoms with Crippen LogP contribution in [0.5, 0.6) is 0 Å². The molecule has 1 aromatic rings. The molecule has 0 aliphatic heterocycles. The fraction of sp³-hybridized carbons (Fsp3) is 0.500. The fourth-order valence-corrected chi connectivity index (χ4v) is 1.31. The number of carboxylic acids is 1. The number of rotatable bonds is 6. The molecule has 0 bridgehead atoms. The molecule has 4 N–H and O–H groups in total.